The third kappa shape index (κ3) is 3.55. The lowest BCUT2D eigenvalue weighted by Gasteiger charge is -2.29. The van der Waals surface area contributed by atoms with Crippen molar-refractivity contribution >= 4 is 34.0 Å². The average molecular weight is 444 g/mol. The maximum Gasteiger partial charge on any atom is 0.416 e. The number of carbonyl (C=O) groups is 1. The molecular formula is C21H19F3N6O2. The number of pyridine rings is 1. The number of halogens is 3. The summed E-state index contributed by atoms with van der Waals surface area (Å²) in [6, 6.07) is 4.60. The predicted octanol–water partition coefficient (Wildman–Crippen LogP) is 3.94. The molecule has 32 heavy (non-hydrogen) atoms. The molecule has 0 unspecified atom stereocenters. The molecule has 4 aromatic rings. The van der Waals surface area contributed by atoms with Crippen molar-refractivity contribution < 1.29 is 22.7 Å². The second-order valence-corrected chi connectivity index (χ2v) is 6.69. The number of alkyl halides is 3. The van der Waals surface area contributed by atoms with E-state index in [1.165, 1.54) is 17.2 Å². The maximum atomic E-state index is 13.1. The molecule has 11 heteroatoms. The third-order valence-electron chi connectivity index (χ3n) is 4.88. The van der Waals surface area contributed by atoms with Gasteiger partial charge in [0.15, 0.2) is 0 Å². The number of benzene rings is 1. The Kier molecular flexibility index (Phi) is 5.33. The number of nitrogens with zero attached hydrogens (tertiary/aromatic N) is 5. The molecule has 5 rings (SSSR count). The van der Waals surface area contributed by atoms with Crippen LogP contribution in [0.1, 0.15) is 29.9 Å². The van der Waals surface area contributed by atoms with Crippen LogP contribution in [0.3, 0.4) is 0 Å². The average Bonchev–Trinajstić information content (AvgIpc) is 3.29. The number of nitrogen functional groups attached to an aromatic ring is 1. The molecule has 1 aliphatic rings. The second kappa shape index (κ2) is 7.98. The largest absolute Gasteiger partial charge is 0.490 e. The smallest absolute Gasteiger partial charge is 0.416 e. The molecule has 3 aromatic heterocycles. The van der Waals surface area contributed by atoms with Gasteiger partial charge in [-0.05, 0) is 24.3 Å². The van der Waals surface area contributed by atoms with Crippen LogP contribution in [0.2, 0.25) is 0 Å². The zero-order chi connectivity index (χ0) is 23.0. The minimum Gasteiger partial charge on any atom is -0.490 e. The molecule has 1 amide bonds. The van der Waals surface area contributed by atoms with Crippen molar-refractivity contribution in [2.75, 3.05) is 23.8 Å². The van der Waals surface area contributed by atoms with Crippen molar-refractivity contribution in [3.63, 3.8) is 0 Å². The van der Waals surface area contributed by atoms with E-state index in [0.29, 0.717) is 16.6 Å². The number of aromatic nitrogens is 4. The highest BCUT2D eigenvalue weighted by Gasteiger charge is 2.33. The molecule has 0 spiro atoms. The lowest BCUT2D eigenvalue weighted by atomic mass is 10.1. The SMILES string of the molecule is CC.Nc1nc2cnc(C(=O)N3CCOc4cc(C(F)(F)F)ccc43)cc2n2cncc12. The normalized spacial score (nSPS) is 13.3. The first-order chi connectivity index (χ1) is 15.3. The molecule has 0 aliphatic carbocycles. The van der Waals surface area contributed by atoms with Gasteiger partial charge in [0.2, 0.25) is 0 Å². The van der Waals surface area contributed by atoms with E-state index in [1.807, 2.05) is 13.8 Å². The summed E-state index contributed by atoms with van der Waals surface area (Å²) in [6.45, 7) is 4.24. The van der Waals surface area contributed by atoms with Gasteiger partial charge in [0.05, 0.1) is 42.0 Å². The van der Waals surface area contributed by atoms with Crippen LogP contribution < -0.4 is 15.4 Å². The Morgan fingerprint density at radius 2 is 1.94 bits per heavy atom. The van der Waals surface area contributed by atoms with E-state index in [2.05, 4.69) is 15.0 Å². The summed E-state index contributed by atoms with van der Waals surface area (Å²) < 4.78 is 46.0. The molecule has 2 N–H and O–H groups in total. The number of carbonyl (C=O) groups excluding carboxylic acids is 1. The predicted molar refractivity (Wildman–Crippen MR) is 113 cm³/mol. The van der Waals surface area contributed by atoms with Gasteiger partial charge >= 0.3 is 6.18 Å². The molecule has 1 aromatic carbocycles. The van der Waals surface area contributed by atoms with Crippen LogP contribution in [0.25, 0.3) is 16.6 Å². The Bertz CT molecular complexity index is 1320. The van der Waals surface area contributed by atoms with Crippen molar-refractivity contribution in [3.8, 4) is 5.75 Å². The first kappa shape index (κ1) is 21.3. The lowest BCUT2D eigenvalue weighted by Crippen LogP contribution is -2.38. The van der Waals surface area contributed by atoms with Gasteiger partial charge in [0.1, 0.15) is 34.9 Å². The first-order valence-corrected chi connectivity index (χ1v) is 9.86. The first-order valence-electron chi connectivity index (χ1n) is 9.86. The number of anilines is 2. The van der Waals surface area contributed by atoms with E-state index in [0.717, 1.165) is 12.1 Å². The van der Waals surface area contributed by atoms with Gasteiger partial charge in [0, 0.05) is 0 Å². The second-order valence-electron chi connectivity index (χ2n) is 6.69. The summed E-state index contributed by atoms with van der Waals surface area (Å²) in [4.78, 5) is 27.0. The van der Waals surface area contributed by atoms with Crippen LogP contribution in [0.15, 0.2) is 43.0 Å². The Hall–Kier alpha value is -3.89. The minimum atomic E-state index is -4.50. The molecule has 0 fully saturated rings. The molecular weight excluding hydrogens is 425 g/mol. The minimum absolute atomic E-state index is 0.00310. The zero-order valence-electron chi connectivity index (χ0n) is 17.2. The Labute approximate surface area is 180 Å². The molecule has 4 heterocycles. The molecule has 0 radical (unpaired) electrons. The zero-order valence-corrected chi connectivity index (χ0v) is 17.2. The van der Waals surface area contributed by atoms with Crippen LogP contribution in [0.4, 0.5) is 24.7 Å². The molecule has 1 aliphatic heterocycles. The van der Waals surface area contributed by atoms with Gasteiger partial charge < -0.3 is 15.4 Å². The summed E-state index contributed by atoms with van der Waals surface area (Å²) in [6.07, 6.45) is 0.0227. The maximum absolute atomic E-state index is 13.1. The van der Waals surface area contributed by atoms with Crippen LogP contribution >= 0.6 is 0 Å². The number of ether oxygens (including phenoxy) is 1. The van der Waals surface area contributed by atoms with Crippen molar-refractivity contribution in [2.45, 2.75) is 20.0 Å². The molecule has 8 nitrogen and oxygen atoms in total. The highest BCUT2D eigenvalue weighted by atomic mass is 19.4. The Morgan fingerprint density at radius 3 is 2.69 bits per heavy atom. The fourth-order valence-electron chi connectivity index (χ4n) is 3.44. The van der Waals surface area contributed by atoms with E-state index >= 15 is 0 Å². The fourth-order valence-corrected chi connectivity index (χ4v) is 3.44. The molecule has 166 valence electrons. The van der Waals surface area contributed by atoms with Gasteiger partial charge in [-0.25, -0.2) is 15.0 Å². The van der Waals surface area contributed by atoms with Gasteiger partial charge in [-0.3, -0.25) is 9.20 Å². The van der Waals surface area contributed by atoms with E-state index < -0.39 is 17.6 Å². The number of hydrogen-bond acceptors (Lipinski definition) is 6. The third-order valence-corrected chi connectivity index (χ3v) is 4.88. The Balaban J connectivity index is 0.00000119. The van der Waals surface area contributed by atoms with Crippen LogP contribution in [0, 0.1) is 0 Å². The van der Waals surface area contributed by atoms with Gasteiger partial charge in [-0.1, -0.05) is 13.8 Å². The van der Waals surface area contributed by atoms with Crippen LogP contribution in [-0.2, 0) is 6.18 Å². The van der Waals surface area contributed by atoms with Crippen molar-refractivity contribution in [3.05, 3.63) is 54.2 Å². The summed E-state index contributed by atoms with van der Waals surface area (Å²) in [5, 5.41) is 0. The van der Waals surface area contributed by atoms with Crippen molar-refractivity contribution in [2.24, 2.45) is 0 Å². The van der Waals surface area contributed by atoms with E-state index in [-0.39, 0.29) is 36.1 Å². The quantitative estimate of drug-likeness (QED) is 0.478. The van der Waals surface area contributed by atoms with E-state index in [4.69, 9.17) is 10.5 Å². The number of fused-ring (bicyclic) bond motifs is 4. The number of rotatable bonds is 1. The van der Waals surface area contributed by atoms with E-state index in [9.17, 15) is 18.0 Å². The summed E-state index contributed by atoms with van der Waals surface area (Å²) in [7, 11) is 0. The van der Waals surface area contributed by atoms with Gasteiger partial charge in [-0.15, -0.1) is 0 Å². The number of imidazole rings is 1. The lowest BCUT2D eigenvalue weighted by molar-refractivity contribution is -0.137. The van der Waals surface area contributed by atoms with Gasteiger partial charge in [-0.2, -0.15) is 13.2 Å². The summed E-state index contributed by atoms with van der Waals surface area (Å²) in [5.74, 6) is -0.189. The van der Waals surface area contributed by atoms with Crippen molar-refractivity contribution in [1.29, 1.82) is 0 Å². The monoisotopic (exact) mass is 444 g/mol. The standard InChI is InChI=1S/C19H13F3N6O2.C2H6/c20-19(21,22)10-1-2-13-16(5-10)30-4-3-27(13)18(29)11-6-14-12(7-25-11)26-17(23)15-8-24-9-28(14)15;1-2/h1-2,5-9H,3-4H2,(H2,23,26);1-2H3. The molecule has 0 saturated heterocycles. The number of nitrogens with two attached hydrogens (primary N) is 1. The molecule has 0 atom stereocenters. The number of amides is 1. The molecule has 0 bridgehead atoms. The van der Waals surface area contributed by atoms with Gasteiger partial charge in [0.25, 0.3) is 5.91 Å². The summed E-state index contributed by atoms with van der Waals surface area (Å²) in [5.41, 5.74) is 7.07. The summed E-state index contributed by atoms with van der Waals surface area (Å²) >= 11 is 0. The fraction of sp³-hybridized carbons (Fsp3) is 0.238. The number of hydrogen-bond donors (Lipinski definition) is 1. The Morgan fingerprint density at radius 1 is 1.16 bits per heavy atom. The van der Waals surface area contributed by atoms with Crippen LogP contribution in [-0.4, -0.2) is 38.4 Å². The highest BCUT2D eigenvalue weighted by Crippen LogP contribution is 2.38. The van der Waals surface area contributed by atoms with E-state index in [1.54, 1.807) is 23.0 Å². The topological polar surface area (TPSA) is 98.6 Å². The highest BCUT2D eigenvalue weighted by molar-refractivity contribution is 6.07. The van der Waals surface area contributed by atoms with Crippen LogP contribution in [0.5, 0.6) is 5.75 Å². The molecule has 0 saturated carbocycles. The van der Waals surface area contributed by atoms with Crippen molar-refractivity contribution in [1.82, 2.24) is 19.4 Å².